The first-order valence-electron chi connectivity index (χ1n) is 6.42. The molecule has 20 heavy (non-hydrogen) atoms. The topological polar surface area (TPSA) is 58.4 Å². The first-order valence-corrected chi connectivity index (χ1v) is 6.80. The van der Waals surface area contributed by atoms with E-state index >= 15 is 0 Å². The quantitative estimate of drug-likeness (QED) is 0.921. The van der Waals surface area contributed by atoms with Gasteiger partial charge in [0, 0.05) is 32.0 Å². The molecule has 0 radical (unpaired) electrons. The molecule has 3 rings (SSSR count). The molecular weight excluding hydrogens is 278 g/mol. The molecule has 6 heteroatoms. The number of rotatable bonds is 2. The van der Waals surface area contributed by atoms with E-state index in [2.05, 4.69) is 10.3 Å². The Labute approximate surface area is 121 Å². The molecule has 2 aromatic rings. The van der Waals surface area contributed by atoms with Crippen LogP contribution >= 0.6 is 11.6 Å². The van der Waals surface area contributed by atoms with Gasteiger partial charge in [-0.25, -0.2) is 0 Å². The van der Waals surface area contributed by atoms with E-state index in [0.29, 0.717) is 13.1 Å². The fourth-order valence-corrected chi connectivity index (χ4v) is 2.54. The van der Waals surface area contributed by atoms with Crippen LogP contribution in [0.1, 0.15) is 22.2 Å². The van der Waals surface area contributed by atoms with Gasteiger partial charge in [0.25, 0.3) is 5.91 Å². The van der Waals surface area contributed by atoms with Gasteiger partial charge in [-0.05, 0) is 35.4 Å². The van der Waals surface area contributed by atoms with Crippen LogP contribution in [0.4, 0.5) is 0 Å². The summed E-state index contributed by atoms with van der Waals surface area (Å²) in [6, 6.07) is 6.98. The van der Waals surface area contributed by atoms with E-state index in [9.17, 15) is 4.79 Å². The standard InChI is InChI=1S/C14H14ClN3O2/c15-13-4-3-12(20-13)14(19)18-7-6-17-9-11(18)10-2-1-5-16-8-10/h1-5,8,11,17H,6-7,9H2. The maximum atomic E-state index is 12.5. The Morgan fingerprint density at radius 3 is 3.05 bits per heavy atom. The van der Waals surface area contributed by atoms with Crippen molar-refractivity contribution in [1.29, 1.82) is 0 Å². The third-order valence-corrected chi connectivity index (χ3v) is 3.56. The fourth-order valence-electron chi connectivity index (χ4n) is 2.39. The van der Waals surface area contributed by atoms with Crippen molar-refractivity contribution in [2.45, 2.75) is 6.04 Å². The molecule has 0 aromatic carbocycles. The number of furan rings is 1. The third-order valence-electron chi connectivity index (χ3n) is 3.36. The Morgan fingerprint density at radius 1 is 1.45 bits per heavy atom. The van der Waals surface area contributed by atoms with Crippen LogP contribution < -0.4 is 5.32 Å². The van der Waals surface area contributed by atoms with Gasteiger partial charge in [0.05, 0.1) is 6.04 Å². The summed E-state index contributed by atoms with van der Waals surface area (Å²) in [5, 5.41) is 3.52. The number of nitrogens with one attached hydrogen (secondary N) is 1. The molecule has 1 fully saturated rings. The van der Waals surface area contributed by atoms with Gasteiger partial charge in [0.1, 0.15) is 0 Å². The van der Waals surface area contributed by atoms with Crippen molar-refractivity contribution >= 4 is 17.5 Å². The molecule has 0 aliphatic carbocycles. The second kappa shape index (κ2) is 5.64. The van der Waals surface area contributed by atoms with Crippen molar-refractivity contribution in [2.24, 2.45) is 0 Å². The maximum absolute atomic E-state index is 12.5. The van der Waals surface area contributed by atoms with Crippen LogP contribution in [0.15, 0.2) is 41.1 Å². The number of hydrogen-bond donors (Lipinski definition) is 1. The molecule has 1 unspecified atom stereocenters. The molecular formula is C14H14ClN3O2. The summed E-state index contributed by atoms with van der Waals surface area (Å²) in [5.41, 5.74) is 1.01. The van der Waals surface area contributed by atoms with Gasteiger partial charge in [0.2, 0.25) is 0 Å². The Bertz CT molecular complexity index is 599. The lowest BCUT2D eigenvalue weighted by molar-refractivity contribution is 0.0601. The van der Waals surface area contributed by atoms with E-state index in [1.165, 1.54) is 0 Å². The molecule has 1 N–H and O–H groups in total. The summed E-state index contributed by atoms with van der Waals surface area (Å²) in [5.74, 6) is 0.123. The number of carbonyl (C=O) groups excluding carboxylic acids is 1. The van der Waals surface area contributed by atoms with Gasteiger partial charge in [0.15, 0.2) is 11.0 Å². The average molecular weight is 292 g/mol. The van der Waals surface area contributed by atoms with E-state index in [0.717, 1.165) is 12.1 Å². The second-order valence-corrected chi connectivity index (χ2v) is 4.98. The average Bonchev–Trinajstić information content (AvgIpc) is 2.94. The minimum absolute atomic E-state index is 0.0474. The predicted octanol–water partition coefficient (Wildman–Crippen LogP) is 2.11. The van der Waals surface area contributed by atoms with Gasteiger partial charge in [-0.2, -0.15) is 0 Å². The Balaban J connectivity index is 1.87. The number of halogens is 1. The monoisotopic (exact) mass is 291 g/mol. The number of amides is 1. The van der Waals surface area contributed by atoms with Crippen LogP contribution in [0, 0.1) is 0 Å². The summed E-state index contributed by atoms with van der Waals surface area (Å²) in [7, 11) is 0. The van der Waals surface area contributed by atoms with Gasteiger partial charge in [-0.3, -0.25) is 9.78 Å². The molecule has 1 amide bonds. The van der Waals surface area contributed by atoms with Crippen molar-refractivity contribution in [2.75, 3.05) is 19.6 Å². The van der Waals surface area contributed by atoms with E-state index < -0.39 is 0 Å². The van der Waals surface area contributed by atoms with Crippen LogP contribution in [0.3, 0.4) is 0 Å². The summed E-state index contributed by atoms with van der Waals surface area (Å²) < 4.78 is 5.22. The molecule has 0 spiro atoms. The normalized spacial score (nSPS) is 19.1. The van der Waals surface area contributed by atoms with Crippen LogP contribution in [0.2, 0.25) is 5.22 Å². The Hall–Kier alpha value is -1.85. The van der Waals surface area contributed by atoms with Crippen LogP contribution in [0.5, 0.6) is 0 Å². The molecule has 1 atom stereocenters. The fraction of sp³-hybridized carbons (Fsp3) is 0.286. The zero-order valence-electron chi connectivity index (χ0n) is 10.8. The number of hydrogen-bond acceptors (Lipinski definition) is 4. The van der Waals surface area contributed by atoms with E-state index in [-0.39, 0.29) is 22.9 Å². The van der Waals surface area contributed by atoms with Crippen LogP contribution in [0.25, 0.3) is 0 Å². The van der Waals surface area contributed by atoms with Crippen molar-refractivity contribution in [3.8, 4) is 0 Å². The summed E-state index contributed by atoms with van der Waals surface area (Å²) in [6.07, 6.45) is 3.51. The highest BCUT2D eigenvalue weighted by Gasteiger charge is 2.30. The molecule has 1 aliphatic rings. The highest BCUT2D eigenvalue weighted by atomic mass is 35.5. The summed E-state index contributed by atoms with van der Waals surface area (Å²) >= 11 is 5.74. The number of pyridine rings is 1. The van der Waals surface area contributed by atoms with Crippen molar-refractivity contribution in [3.05, 3.63) is 53.2 Å². The predicted molar refractivity (Wildman–Crippen MR) is 74.6 cm³/mol. The zero-order valence-corrected chi connectivity index (χ0v) is 11.5. The van der Waals surface area contributed by atoms with Crippen molar-refractivity contribution in [3.63, 3.8) is 0 Å². The van der Waals surface area contributed by atoms with Gasteiger partial charge >= 0.3 is 0 Å². The summed E-state index contributed by atoms with van der Waals surface area (Å²) in [6.45, 7) is 2.08. The SMILES string of the molecule is O=C(c1ccc(Cl)o1)N1CCNCC1c1cccnc1. The Morgan fingerprint density at radius 2 is 2.35 bits per heavy atom. The number of carbonyl (C=O) groups is 1. The minimum Gasteiger partial charge on any atom is -0.440 e. The molecule has 0 bridgehead atoms. The lowest BCUT2D eigenvalue weighted by Crippen LogP contribution is -2.48. The van der Waals surface area contributed by atoms with Gasteiger partial charge in [-0.1, -0.05) is 6.07 Å². The van der Waals surface area contributed by atoms with Crippen LogP contribution in [-0.2, 0) is 0 Å². The molecule has 2 aromatic heterocycles. The van der Waals surface area contributed by atoms with E-state index in [1.54, 1.807) is 29.4 Å². The van der Waals surface area contributed by atoms with Crippen LogP contribution in [-0.4, -0.2) is 35.4 Å². The highest BCUT2D eigenvalue weighted by Crippen LogP contribution is 2.24. The highest BCUT2D eigenvalue weighted by molar-refractivity contribution is 6.29. The van der Waals surface area contributed by atoms with Crippen molar-refractivity contribution < 1.29 is 9.21 Å². The van der Waals surface area contributed by atoms with E-state index in [1.807, 2.05) is 12.1 Å². The largest absolute Gasteiger partial charge is 0.440 e. The molecule has 0 saturated carbocycles. The molecule has 104 valence electrons. The minimum atomic E-state index is -0.146. The summed E-state index contributed by atoms with van der Waals surface area (Å²) in [4.78, 5) is 18.4. The lowest BCUT2D eigenvalue weighted by atomic mass is 10.1. The first-order chi connectivity index (χ1) is 9.75. The maximum Gasteiger partial charge on any atom is 0.290 e. The van der Waals surface area contributed by atoms with Gasteiger partial charge in [-0.15, -0.1) is 0 Å². The van der Waals surface area contributed by atoms with E-state index in [4.69, 9.17) is 16.0 Å². The zero-order chi connectivity index (χ0) is 13.9. The molecule has 1 aliphatic heterocycles. The molecule has 1 saturated heterocycles. The third kappa shape index (κ3) is 2.55. The first kappa shape index (κ1) is 13.1. The Kier molecular flexibility index (Phi) is 3.71. The number of aromatic nitrogens is 1. The number of nitrogens with zero attached hydrogens (tertiary/aromatic N) is 2. The second-order valence-electron chi connectivity index (χ2n) is 4.61. The smallest absolute Gasteiger partial charge is 0.290 e. The lowest BCUT2D eigenvalue weighted by Gasteiger charge is -2.35. The molecule has 3 heterocycles. The van der Waals surface area contributed by atoms with Gasteiger partial charge < -0.3 is 14.6 Å². The molecule has 5 nitrogen and oxygen atoms in total. The van der Waals surface area contributed by atoms with Crippen molar-refractivity contribution in [1.82, 2.24) is 15.2 Å². The number of piperazine rings is 1.